The van der Waals surface area contributed by atoms with Crippen LogP contribution in [0.15, 0.2) is 0 Å². The number of esters is 1. The van der Waals surface area contributed by atoms with Crippen molar-refractivity contribution in [2.45, 2.75) is 91.4 Å². The van der Waals surface area contributed by atoms with E-state index in [2.05, 4.69) is 20.8 Å². The maximum absolute atomic E-state index is 13.7. The Hall–Kier alpha value is -0.860. The van der Waals surface area contributed by atoms with Crippen molar-refractivity contribution >= 4 is 11.8 Å². The van der Waals surface area contributed by atoms with E-state index in [1.807, 2.05) is 0 Å². The molecule has 4 saturated carbocycles. The van der Waals surface area contributed by atoms with Gasteiger partial charge in [-0.15, -0.1) is 0 Å². The quantitative estimate of drug-likeness (QED) is 0.571. The Balaban J connectivity index is 1.55. The van der Waals surface area contributed by atoms with Crippen molar-refractivity contribution in [1.29, 1.82) is 0 Å². The molecule has 0 radical (unpaired) electrons. The van der Waals surface area contributed by atoms with Crippen LogP contribution in [-0.4, -0.2) is 18.9 Å². The molecule has 0 spiro atoms. The molecule has 8 atom stereocenters. The molecule has 4 aliphatic rings. The summed E-state index contributed by atoms with van der Waals surface area (Å²) >= 11 is 0. The molecule has 4 aliphatic carbocycles. The predicted octanol–water partition coefficient (Wildman–Crippen LogP) is 5.80. The van der Waals surface area contributed by atoms with Gasteiger partial charge in [0.05, 0.1) is 7.11 Å². The van der Waals surface area contributed by atoms with Crippen molar-refractivity contribution in [3.05, 3.63) is 0 Å². The number of rotatable bonds is 4. The summed E-state index contributed by atoms with van der Waals surface area (Å²) in [7, 11) is 1.47. The van der Waals surface area contributed by atoms with Crippen molar-refractivity contribution in [3.8, 4) is 0 Å². The Bertz CT molecular complexity index is 627. The van der Waals surface area contributed by atoms with Gasteiger partial charge >= 0.3 is 5.97 Å². The summed E-state index contributed by atoms with van der Waals surface area (Å²) in [4.78, 5) is 25.3. The molecular weight excluding hydrogens is 348 g/mol. The van der Waals surface area contributed by atoms with Gasteiger partial charge in [0.15, 0.2) is 0 Å². The Morgan fingerprint density at radius 3 is 2.64 bits per heavy atom. The normalized spacial score (nSPS) is 46.3. The SMILES string of the molecule is COC(=O)CC[C@@H](C)[C@H]1CCC2[C@@H]3CC[C@@H]4CCCC[C@]4(C)C3CC(=O)[C@@]21C. The second-order valence-electron chi connectivity index (χ2n) is 11.1. The molecule has 3 nitrogen and oxygen atoms in total. The molecule has 4 rings (SSSR count). The van der Waals surface area contributed by atoms with E-state index >= 15 is 0 Å². The third-order valence-electron chi connectivity index (χ3n) is 10.2. The summed E-state index contributed by atoms with van der Waals surface area (Å²) in [6.07, 6.45) is 12.8. The van der Waals surface area contributed by atoms with Gasteiger partial charge in [-0.05, 0) is 85.9 Å². The average molecular weight is 389 g/mol. The predicted molar refractivity (Wildman–Crippen MR) is 111 cm³/mol. The van der Waals surface area contributed by atoms with Gasteiger partial charge in [0, 0.05) is 18.3 Å². The molecule has 0 aliphatic heterocycles. The zero-order chi connectivity index (χ0) is 20.1. The van der Waals surface area contributed by atoms with Crippen LogP contribution in [0, 0.1) is 46.3 Å². The van der Waals surface area contributed by atoms with Gasteiger partial charge in [0.2, 0.25) is 0 Å². The molecule has 0 N–H and O–H groups in total. The Labute approximate surface area is 171 Å². The van der Waals surface area contributed by atoms with Crippen molar-refractivity contribution in [2.75, 3.05) is 7.11 Å². The number of carbonyl (C=O) groups excluding carboxylic acids is 2. The van der Waals surface area contributed by atoms with Crippen LogP contribution in [-0.2, 0) is 14.3 Å². The highest BCUT2D eigenvalue weighted by atomic mass is 16.5. The lowest BCUT2D eigenvalue weighted by atomic mass is 9.44. The van der Waals surface area contributed by atoms with Crippen molar-refractivity contribution < 1.29 is 14.3 Å². The summed E-state index contributed by atoms with van der Waals surface area (Å²) in [5.74, 6) is 4.09. The molecule has 0 amide bonds. The summed E-state index contributed by atoms with van der Waals surface area (Å²) in [6, 6.07) is 0. The fourth-order valence-electron chi connectivity index (χ4n) is 8.59. The number of ether oxygens (including phenoxy) is 1. The highest BCUT2D eigenvalue weighted by Crippen LogP contribution is 2.67. The molecule has 158 valence electrons. The van der Waals surface area contributed by atoms with Crippen LogP contribution in [0.5, 0.6) is 0 Å². The minimum absolute atomic E-state index is 0.120. The average Bonchev–Trinajstić information content (AvgIpc) is 3.05. The minimum atomic E-state index is -0.158. The highest BCUT2D eigenvalue weighted by Gasteiger charge is 2.63. The highest BCUT2D eigenvalue weighted by molar-refractivity contribution is 5.87. The molecule has 0 aromatic carbocycles. The zero-order valence-corrected chi connectivity index (χ0v) is 18.5. The number of methoxy groups -OCH3 is 1. The van der Waals surface area contributed by atoms with E-state index in [0.29, 0.717) is 41.3 Å². The second kappa shape index (κ2) is 7.43. The van der Waals surface area contributed by atoms with Gasteiger partial charge in [-0.25, -0.2) is 0 Å². The van der Waals surface area contributed by atoms with Crippen molar-refractivity contribution in [3.63, 3.8) is 0 Å². The number of hydrogen-bond acceptors (Lipinski definition) is 3. The smallest absolute Gasteiger partial charge is 0.305 e. The Morgan fingerprint density at radius 1 is 1.11 bits per heavy atom. The van der Waals surface area contributed by atoms with Crippen LogP contribution < -0.4 is 0 Å². The van der Waals surface area contributed by atoms with Gasteiger partial charge in [-0.1, -0.05) is 33.6 Å². The molecule has 0 bridgehead atoms. The fraction of sp³-hybridized carbons (Fsp3) is 0.920. The van der Waals surface area contributed by atoms with Crippen LogP contribution in [0.1, 0.15) is 91.4 Å². The van der Waals surface area contributed by atoms with Crippen LogP contribution in [0.2, 0.25) is 0 Å². The molecule has 3 heteroatoms. The number of Topliss-reactive ketones (excluding diaryl/α,β-unsaturated/α-hetero) is 1. The standard InChI is InChI=1S/C25H40O3/c1-16(8-13-23(27)28-4)19-11-12-20-18-10-9-17-7-5-6-14-24(17,2)21(18)15-22(26)25(19,20)3/h16-21H,5-15H2,1-4H3/t16-,17+,18+,19-,20?,21?,24+,25-/m1/s1. The monoisotopic (exact) mass is 388 g/mol. The van der Waals surface area contributed by atoms with E-state index in [0.717, 1.165) is 24.7 Å². The van der Waals surface area contributed by atoms with Crippen LogP contribution in [0.3, 0.4) is 0 Å². The van der Waals surface area contributed by atoms with Crippen LogP contribution >= 0.6 is 0 Å². The van der Waals surface area contributed by atoms with Crippen molar-refractivity contribution in [1.82, 2.24) is 0 Å². The molecule has 2 unspecified atom stereocenters. The van der Waals surface area contributed by atoms with E-state index in [1.165, 1.54) is 58.5 Å². The minimum Gasteiger partial charge on any atom is -0.469 e. The summed E-state index contributed by atoms with van der Waals surface area (Å²) in [6.45, 7) is 7.10. The largest absolute Gasteiger partial charge is 0.469 e. The first kappa shape index (κ1) is 20.4. The van der Waals surface area contributed by atoms with E-state index in [9.17, 15) is 9.59 Å². The zero-order valence-electron chi connectivity index (χ0n) is 18.5. The van der Waals surface area contributed by atoms with Crippen LogP contribution in [0.4, 0.5) is 0 Å². The van der Waals surface area contributed by atoms with E-state index in [1.54, 1.807) is 0 Å². The fourth-order valence-corrected chi connectivity index (χ4v) is 8.59. The maximum atomic E-state index is 13.7. The number of ketones is 1. The first-order valence-electron chi connectivity index (χ1n) is 11.9. The molecule has 0 heterocycles. The topological polar surface area (TPSA) is 43.4 Å². The van der Waals surface area contributed by atoms with Gasteiger partial charge in [0.1, 0.15) is 5.78 Å². The second-order valence-corrected chi connectivity index (χ2v) is 11.1. The molecular formula is C25H40O3. The molecule has 0 saturated heterocycles. The summed E-state index contributed by atoms with van der Waals surface area (Å²) < 4.78 is 4.84. The summed E-state index contributed by atoms with van der Waals surface area (Å²) in [5, 5.41) is 0. The Morgan fingerprint density at radius 2 is 1.89 bits per heavy atom. The van der Waals surface area contributed by atoms with Gasteiger partial charge in [0.25, 0.3) is 0 Å². The molecule has 0 aromatic heterocycles. The van der Waals surface area contributed by atoms with Gasteiger partial charge in [-0.3, -0.25) is 9.59 Å². The first-order chi connectivity index (χ1) is 13.3. The summed E-state index contributed by atoms with van der Waals surface area (Å²) in [5.41, 5.74) is 0.251. The van der Waals surface area contributed by atoms with E-state index < -0.39 is 0 Å². The van der Waals surface area contributed by atoms with Crippen LogP contribution in [0.25, 0.3) is 0 Å². The lowest BCUT2D eigenvalue weighted by Crippen LogP contribution is -2.56. The molecule has 4 fully saturated rings. The molecule has 28 heavy (non-hydrogen) atoms. The first-order valence-corrected chi connectivity index (χ1v) is 11.9. The Kier molecular flexibility index (Phi) is 5.42. The maximum Gasteiger partial charge on any atom is 0.305 e. The third-order valence-corrected chi connectivity index (χ3v) is 10.2. The van der Waals surface area contributed by atoms with Gasteiger partial charge < -0.3 is 4.74 Å². The number of fused-ring (bicyclic) bond motifs is 5. The van der Waals surface area contributed by atoms with E-state index in [4.69, 9.17) is 4.74 Å². The van der Waals surface area contributed by atoms with Gasteiger partial charge in [-0.2, -0.15) is 0 Å². The number of hydrogen-bond donors (Lipinski definition) is 0. The lowest BCUT2D eigenvalue weighted by Gasteiger charge is -2.60. The third kappa shape index (κ3) is 2.98. The van der Waals surface area contributed by atoms with E-state index in [-0.39, 0.29) is 11.4 Å². The lowest BCUT2D eigenvalue weighted by molar-refractivity contribution is -0.157. The number of carbonyl (C=O) groups is 2. The van der Waals surface area contributed by atoms with Crippen molar-refractivity contribution in [2.24, 2.45) is 46.3 Å². The molecule has 0 aromatic rings.